The molecule has 140 valence electrons. The van der Waals surface area contributed by atoms with Gasteiger partial charge in [0.05, 0.1) is 6.61 Å². The van der Waals surface area contributed by atoms with Gasteiger partial charge in [-0.05, 0) is 40.3 Å². The first-order chi connectivity index (χ1) is 12.1. The minimum atomic E-state index is -0.936. The summed E-state index contributed by atoms with van der Waals surface area (Å²) in [5.74, 6) is 0.119. The molecule has 6 heteroatoms. The fraction of sp³-hybridized carbons (Fsp3) is 0.400. The van der Waals surface area contributed by atoms with Gasteiger partial charge < -0.3 is 9.53 Å². The van der Waals surface area contributed by atoms with Crippen LogP contribution < -0.4 is 0 Å². The number of benzene rings is 2. The predicted molar refractivity (Wildman–Crippen MR) is 109 cm³/mol. The van der Waals surface area contributed by atoms with Crippen LogP contribution in [-0.2, 0) is 11.0 Å². The van der Waals surface area contributed by atoms with Crippen LogP contribution in [0, 0.1) is 11.7 Å². The van der Waals surface area contributed by atoms with Gasteiger partial charge in [0.2, 0.25) is 9.76 Å². The van der Waals surface area contributed by atoms with Gasteiger partial charge in [-0.25, -0.2) is 4.39 Å². The fourth-order valence-corrected chi connectivity index (χ4v) is 3.96. The number of aliphatic hydroxyl groups excluding tert-OH is 1. The van der Waals surface area contributed by atoms with Crippen molar-refractivity contribution in [2.75, 3.05) is 0 Å². The van der Waals surface area contributed by atoms with Gasteiger partial charge in [0.1, 0.15) is 11.9 Å². The van der Waals surface area contributed by atoms with Crippen LogP contribution in [0.15, 0.2) is 40.9 Å². The van der Waals surface area contributed by atoms with Gasteiger partial charge in [0.15, 0.2) is 0 Å². The van der Waals surface area contributed by atoms with Gasteiger partial charge >= 0.3 is 0 Å². The van der Waals surface area contributed by atoms with Crippen molar-refractivity contribution < 1.29 is 13.9 Å². The molecule has 0 heterocycles. The van der Waals surface area contributed by atoms with Crippen LogP contribution in [0.4, 0.5) is 4.39 Å². The molecule has 2 aromatic rings. The van der Waals surface area contributed by atoms with Crippen LogP contribution in [0.2, 0.25) is 10.1 Å². The molecule has 0 aromatic heterocycles. The molecule has 0 aliphatic carbocycles. The highest BCUT2D eigenvalue weighted by Crippen LogP contribution is 2.35. The molecule has 0 amide bonds. The quantitative estimate of drug-likeness (QED) is 0.493. The lowest BCUT2D eigenvalue weighted by Crippen LogP contribution is -2.22. The topological polar surface area (TPSA) is 29.5 Å². The molecule has 0 saturated heterocycles. The Kier molecular flexibility index (Phi) is 7.45. The lowest BCUT2D eigenvalue weighted by atomic mass is 9.99. The Morgan fingerprint density at radius 1 is 1.19 bits per heavy atom. The smallest absolute Gasteiger partial charge is 0.236 e. The Labute approximate surface area is 170 Å². The summed E-state index contributed by atoms with van der Waals surface area (Å²) in [5.41, 5.74) is 2.16. The van der Waals surface area contributed by atoms with E-state index in [1.165, 1.54) is 18.2 Å². The van der Waals surface area contributed by atoms with Crippen molar-refractivity contribution in [1.82, 2.24) is 0 Å². The highest BCUT2D eigenvalue weighted by atomic mass is 79.9. The van der Waals surface area contributed by atoms with Gasteiger partial charge in [-0.2, -0.15) is 0 Å². The fourth-order valence-electron chi connectivity index (χ4n) is 2.20. The average molecular weight is 458 g/mol. The molecule has 2 nitrogen and oxygen atoms in total. The molecule has 1 atom stereocenters. The minimum absolute atomic E-state index is 0.146. The van der Waals surface area contributed by atoms with Gasteiger partial charge in [-0.3, -0.25) is 0 Å². The third-order valence-corrected chi connectivity index (χ3v) is 7.04. The number of halogens is 3. The molecule has 0 aliphatic heterocycles. The molecule has 0 fully saturated rings. The molecule has 0 saturated carbocycles. The van der Waals surface area contributed by atoms with Crippen molar-refractivity contribution in [2.45, 2.75) is 45.4 Å². The molecule has 0 aliphatic rings. The van der Waals surface area contributed by atoms with E-state index < -0.39 is 11.9 Å². The summed E-state index contributed by atoms with van der Waals surface area (Å²) in [6.07, 6.45) is -0.936. The molecule has 0 bridgehead atoms. The van der Waals surface area contributed by atoms with Crippen LogP contribution in [0.5, 0.6) is 0 Å². The zero-order chi connectivity index (χ0) is 19.5. The molecule has 0 spiro atoms. The average Bonchev–Trinajstić information content (AvgIpc) is 2.54. The van der Waals surface area contributed by atoms with E-state index in [2.05, 4.69) is 43.6 Å². The Hall–Kier alpha value is -0.723. The summed E-state index contributed by atoms with van der Waals surface area (Å²) in [4.78, 5) is 0. The second kappa shape index (κ2) is 8.98. The zero-order valence-corrected chi connectivity index (χ0v) is 18.7. The molecule has 1 N–H and O–H groups in total. The van der Waals surface area contributed by atoms with E-state index in [4.69, 9.17) is 16.0 Å². The van der Waals surface area contributed by atoms with Crippen molar-refractivity contribution >= 4 is 37.3 Å². The maximum Gasteiger partial charge on any atom is 0.236 e. The molecule has 2 radical (unpaired) electrons. The molecule has 2 rings (SSSR count). The number of hydrogen-bond acceptors (Lipinski definition) is 2. The third-order valence-electron chi connectivity index (χ3n) is 4.63. The van der Waals surface area contributed by atoms with E-state index in [1.54, 1.807) is 0 Å². The van der Waals surface area contributed by atoms with E-state index >= 15 is 0 Å². The highest BCUT2D eigenvalue weighted by molar-refractivity contribution is 9.10. The standard InChI is InChI=1S/C20H23BrClFO2Si/c1-12(2)20(3,4)26-25-11-13-5-7-15(17(21)9-13)19(24)16-8-6-14(23)10-18(16)22/h5-10,12,19,24H,11H2,1-4H3. The number of aliphatic hydroxyl groups is 1. The summed E-state index contributed by atoms with van der Waals surface area (Å²) >= 11 is 9.57. The maximum absolute atomic E-state index is 13.2. The summed E-state index contributed by atoms with van der Waals surface area (Å²) < 4.78 is 19.9. The second-order valence-corrected chi connectivity index (χ2v) is 10.2. The van der Waals surface area contributed by atoms with E-state index in [1.807, 2.05) is 18.2 Å². The molecular formula is C20H23BrClFO2Si. The summed E-state index contributed by atoms with van der Waals surface area (Å²) in [6, 6.07) is 9.69. The Morgan fingerprint density at radius 3 is 2.42 bits per heavy atom. The van der Waals surface area contributed by atoms with E-state index in [0.717, 1.165) is 10.0 Å². The third kappa shape index (κ3) is 5.39. The van der Waals surface area contributed by atoms with Crippen molar-refractivity contribution in [2.24, 2.45) is 5.92 Å². The number of hydrogen-bond donors (Lipinski definition) is 1. The van der Waals surface area contributed by atoms with Gasteiger partial charge in [0.25, 0.3) is 0 Å². The van der Waals surface area contributed by atoms with Crippen LogP contribution in [0.25, 0.3) is 0 Å². The lowest BCUT2D eigenvalue weighted by Gasteiger charge is -2.27. The summed E-state index contributed by atoms with van der Waals surface area (Å²) in [6.45, 7) is 9.32. The normalized spacial score (nSPS) is 13.3. The monoisotopic (exact) mass is 456 g/mol. The highest BCUT2D eigenvalue weighted by Gasteiger charge is 2.25. The van der Waals surface area contributed by atoms with E-state index in [-0.39, 0.29) is 10.1 Å². The Bertz CT molecular complexity index is 767. The van der Waals surface area contributed by atoms with E-state index in [0.29, 0.717) is 33.4 Å². The van der Waals surface area contributed by atoms with Gasteiger partial charge in [-0.15, -0.1) is 0 Å². The molecule has 26 heavy (non-hydrogen) atoms. The van der Waals surface area contributed by atoms with E-state index in [9.17, 15) is 9.50 Å². The molecule has 2 aromatic carbocycles. The lowest BCUT2D eigenvalue weighted by molar-refractivity contribution is 0.219. The van der Waals surface area contributed by atoms with Crippen molar-refractivity contribution in [3.8, 4) is 0 Å². The Balaban J connectivity index is 2.09. The van der Waals surface area contributed by atoms with Crippen molar-refractivity contribution in [1.29, 1.82) is 0 Å². The van der Waals surface area contributed by atoms with Crippen LogP contribution in [-0.4, -0.2) is 14.9 Å². The number of rotatable bonds is 7. The van der Waals surface area contributed by atoms with Crippen LogP contribution in [0.3, 0.4) is 0 Å². The maximum atomic E-state index is 13.2. The molecular weight excluding hydrogens is 435 g/mol. The van der Waals surface area contributed by atoms with Crippen LogP contribution in [0.1, 0.15) is 50.5 Å². The van der Waals surface area contributed by atoms with Crippen LogP contribution >= 0.6 is 27.5 Å². The predicted octanol–water partition coefficient (Wildman–Crippen LogP) is 6.31. The molecule has 1 unspecified atom stereocenters. The SMILES string of the molecule is CC(C)C(C)(C)[Si]OCc1ccc(C(O)c2ccc(F)cc2Cl)c(Br)c1. The Morgan fingerprint density at radius 2 is 1.85 bits per heavy atom. The summed E-state index contributed by atoms with van der Waals surface area (Å²) in [7, 11) is 0.411. The first-order valence-corrected chi connectivity index (χ1v) is 10.5. The second-order valence-electron chi connectivity index (χ2n) is 7.19. The summed E-state index contributed by atoms with van der Waals surface area (Å²) in [5, 5.41) is 11.0. The van der Waals surface area contributed by atoms with Crippen molar-refractivity contribution in [3.05, 3.63) is 68.4 Å². The van der Waals surface area contributed by atoms with Crippen molar-refractivity contribution in [3.63, 3.8) is 0 Å². The largest absolute Gasteiger partial charge is 0.413 e. The van der Waals surface area contributed by atoms with Gasteiger partial charge in [0, 0.05) is 15.1 Å². The minimum Gasteiger partial charge on any atom is -0.413 e. The van der Waals surface area contributed by atoms with Gasteiger partial charge in [-0.1, -0.05) is 73.4 Å². The first-order valence-electron chi connectivity index (χ1n) is 8.42. The first kappa shape index (κ1) is 21.6. The zero-order valence-electron chi connectivity index (χ0n) is 15.3.